The van der Waals surface area contributed by atoms with Crippen molar-refractivity contribution in [3.05, 3.63) is 64.7 Å². The smallest absolute Gasteiger partial charge is 0.267 e. The third-order valence-electron chi connectivity index (χ3n) is 4.73. The summed E-state index contributed by atoms with van der Waals surface area (Å²) in [6.07, 6.45) is 1.67. The number of rotatable bonds is 4. The van der Waals surface area contributed by atoms with Crippen molar-refractivity contribution < 1.29 is 18.0 Å². The Kier molecular flexibility index (Phi) is 5.81. The predicted octanol–water partition coefficient (Wildman–Crippen LogP) is 2.16. The third kappa shape index (κ3) is 4.23. The molecule has 0 atom stereocenters. The number of hydrazine groups is 1. The molecule has 0 aromatic heterocycles. The van der Waals surface area contributed by atoms with E-state index >= 15 is 0 Å². The van der Waals surface area contributed by atoms with E-state index in [0.717, 1.165) is 24.0 Å². The van der Waals surface area contributed by atoms with Crippen molar-refractivity contribution in [1.29, 1.82) is 0 Å². The van der Waals surface area contributed by atoms with Gasteiger partial charge in [0.05, 0.1) is 4.90 Å². The number of aryl methyl sites for hydroxylation is 2. The number of carbonyl (C=O) groups is 2. The molecule has 2 amide bonds. The van der Waals surface area contributed by atoms with Gasteiger partial charge in [0.1, 0.15) is 0 Å². The highest BCUT2D eigenvalue weighted by atomic mass is 32.2. The molecule has 3 rings (SSSR count). The summed E-state index contributed by atoms with van der Waals surface area (Å²) in [5, 5.41) is 0. The van der Waals surface area contributed by atoms with Gasteiger partial charge in [-0.3, -0.25) is 20.4 Å². The minimum absolute atomic E-state index is 0.0721. The second kappa shape index (κ2) is 8.12. The Morgan fingerprint density at radius 1 is 0.929 bits per heavy atom. The third-order valence-corrected chi connectivity index (χ3v) is 6.62. The fraction of sp³-hybridized carbons (Fsp3) is 0.300. The van der Waals surface area contributed by atoms with Gasteiger partial charge in [-0.25, -0.2) is 8.42 Å². The second-order valence-corrected chi connectivity index (χ2v) is 8.80. The number of benzene rings is 2. The molecule has 1 fully saturated rings. The lowest BCUT2D eigenvalue weighted by molar-refractivity contribution is 0.0846. The zero-order chi connectivity index (χ0) is 20.3. The summed E-state index contributed by atoms with van der Waals surface area (Å²) >= 11 is 0. The van der Waals surface area contributed by atoms with Crippen molar-refractivity contribution in [3.8, 4) is 0 Å². The van der Waals surface area contributed by atoms with Crippen LogP contribution < -0.4 is 10.9 Å². The number of nitrogens with zero attached hydrogens (tertiary/aromatic N) is 1. The van der Waals surface area contributed by atoms with E-state index in [1.54, 1.807) is 6.07 Å². The van der Waals surface area contributed by atoms with Gasteiger partial charge in [0.2, 0.25) is 10.0 Å². The van der Waals surface area contributed by atoms with Gasteiger partial charge >= 0.3 is 0 Å². The van der Waals surface area contributed by atoms with E-state index in [9.17, 15) is 18.0 Å². The van der Waals surface area contributed by atoms with Gasteiger partial charge in [0.15, 0.2) is 0 Å². The summed E-state index contributed by atoms with van der Waals surface area (Å²) < 4.78 is 26.7. The van der Waals surface area contributed by atoms with Crippen LogP contribution in [0.5, 0.6) is 0 Å². The van der Waals surface area contributed by atoms with Gasteiger partial charge in [0, 0.05) is 24.2 Å². The van der Waals surface area contributed by atoms with Gasteiger partial charge < -0.3 is 0 Å². The zero-order valence-electron chi connectivity index (χ0n) is 15.9. The first-order valence-electron chi connectivity index (χ1n) is 9.07. The minimum Gasteiger partial charge on any atom is -0.267 e. The molecule has 0 spiro atoms. The maximum atomic E-state index is 12.7. The van der Waals surface area contributed by atoms with E-state index in [1.165, 1.54) is 28.6 Å². The van der Waals surface area contributed by atoms with Crippen LogP contribution in [0.15, 0.2) is 47.4 Å². The van der Waals surface area contributed by atoms with Crippen LogP contribution in [-0.4, -0.2) is 37.6 Å². The van der Waals surface area contributed by atoms with Crippen LogP contribution in [0, 0.1) is 13.8 Å². The molecule has 1 saturated heterocycles. The van der Waals surface area contributed by atoms with E-state index in [1.807, 2.05) is 26.0 Å². The molecule has 0 bridgehead atoms. The Bertz CT molecular complexity index is 1010. The zero-order valence-corrected chi connectivity index (χ0v) is 16.7. The van der Waals surface area contributed by atoms with E-state index < -0.39 is 21.8 Å². The topological polar surface area (TPSA) is 95.6 Å². The molecule has 2 aromatic rings. The van der Waals surface area contributed by atoms with Crippen LogP contribution in [0.4, 0.5) is 0 Å². The molecule has 1 aliphatic heterocycles. The lowest BCUT2D eigenvalue weighted by Gasteiger charge is -2.16. The van der Waals surface area contributed by atoms with Crippen molar-refractivity contribution >= 4 is 21.8 Å². The normalized spacial score (nSPS) is 14.6. The average molecular weight is 401 g/mol. The number of sulfonamides is 1. The first-order chi connectivity index (χ1) is 13.3. The molecule has 0 aliphatic carbocycles. The van der Waals surface area contributed by atoms with E-state index in [4.69, 9.17) is 0 Å². The fourth-order valence-electron chi connectivity index (χ4n) is 3.11. The monoisotopic (exact) mass is 401 g/mol. The maximum absolute atomic E-state index is 12.7. The van der Waals surface area contributed by atoms with Gasteiger partial charge in [-0.05, 0) is 56.5 Å². The van der Waals surface area contributed by atoms with Gasteiger partial charge in [0.25, 0.3) is 11.8 Å². The van der Waals surface area contributed by atoms with E-state index in [-0.39, 0.29) is 10.5 Å². The molecule has 7 nitrogen and oxygen atoms in total. The highest BCUT2D eigenvalue weighted by Gasteiger charge is 2.27. The molecule has 2 aromatic carbocycles. The predicted molar refractivity (Wildman–Crippen MR) is 105 cm³/mol. The van der Waals surface area contributed by atoms with E-state index in [0.29, 0.717) is 18.7 Å². The standard InChI is InChI=1S/C20H23N3O4S/c1-14-8-9-15(2)18(12-14)20(25)22-21-19(24)16-6-5-7-17(13-16)28(26,27)23-10-3-4-11-23/h5-9,12-13H,3-4,10-11H2,1-2H3,(H,21,24)(H,22,25). The van der Waals surface area contributed by atoms with Gasteiger partial charge in [-0.15, -0.1) is 0 Å². The van der Waals surface area contributed by atoms with Crippen LogP contribution in [0.3, 0.4) is 0 Å². The van der Waals surface area contributed by atoms with Crippen molar-refractivity contribution in [2.75, 3.05) is 13.1 Å². The highest BCUT2D eigenvalue weighted by Crippen LogP contribution is 2.21. The molecule has 0 saturated carbocycles. The van der Waals surface area contributed by atoms with E-state index in [2.05, 4.69) is 10.9 Å². The van der Waals surface area contributed by atoms with Crippen molar-refractivity contribution in [1.82, 2.24) is 15.2 Å². The quantitative estimate of drug-likeness (QED) is 0.768. The Labute approximate surface area is 164 Å². The van der Waals surface area contributed by atoms with Crippen LogP contribution in [0.2, 0.25) is 0 Å². The number of hydrogen-bond acceptors (Lipinski definition) is 4. The number of amides is 2. The van der Waals surface area contributed by atoms with Crippen molar-refractivity contribution in [3.63, 3.8) is 0 Å². The maximum Gasteiger partial charge on any atom is 0.269 e. The first kappa shape index (κ1) is 20.0. The summed E-state index contributed by atoms with van der Waals surface area (Å²) in [5.41, 5.74) is 7.06. The fourth-order valence-corrected chi connectivity index (χ4v) is 4.67. The number of carbonyl (C=O) groups excluding carboxylic acids is 2. The van der Waals surface area contributed by atoms with Gasteiger partial charge in [-0.2, -0.15) is 4.31 Å². The molecule has 28 heavy (non-hydrogen) atoms. The van der Waals surface area contributed by atoms with Gasteiger partial charge in [-0.1, -0.05) is 23.8 Å². The Balaban J connectivity index is 1.71. The molecule has 1 heterocycles. The second-order valence-electron chi connectivity index (χ2n) is 6.87. The summed E-state index contributed by atoms with van der Waals surface area (Å²) in [6, 6.07) is 11.3. The summed E-state index contributed by atoms with van der Waals surface area (Å²) in [7, 11) is -3.61. The summed E-state index contributed by atoms with van der Waals surface area (Å²) in [4.78, 5) is 24.8. The Hall–Kier alpha value is -2.71. The molecule has 0 radical (unpaired) electrons. The van der Waals surface area contributed by atoms with Crippen LogP contribution >= 0.6 is 0 Å². The molecule has 1 aliphatic rings. The van der Waals surface area contributed by atoms with Crippen molar-refractivity contribution in [2.45, 2.75) is 31.6 Å². The molecule has 8 heteroatoms. The minimum atomic E-state index is -3.61. The van der Waals surface area contributed by atoms with Crippen LogP contribution in [0.1, 0.15) is 44.7 Å². The summed E-state index contributed by atoms with van der Waals surface area (Å²) in [6.45, 7) is 4.67. The summed E-state index contributed by atoms with van der Waals surface area (Å²) in [5.74, 6) is -1.02. The number of hydrogen-bond donors (Lipinski definition) is 2. The average Bonchev–Trinajstić information content (AvgIpc) is 3.23. The Morgan fingerprint density at radius 3 is 2.32 bits per heavy atom. The molecule has 2 N–H and O–H groups in total. The molecule has 148 valence electrons. The Morgan fingerprint density at radius 2 is 1.61 bits per heavy atom. The molecular formula is C20H23N3O4S. The highest BCUT2D eigenvalue weighted by molar-refractivity contribution is 7.89. The molecule has 0 unspecified atom stereocenters. The largest absolute Gasteiger partial charge is 0.269 e. The molecular weight excluding hydrogens is 378 g/mol. The van der Waals surface area contributed by atoms with Crippen LogP contribution in [0.25, 0.3) is 0 Å². The number of nitrogens with one attached hydrogen (secondary N) is 2. The van der Waals surface area contributed by atoms with Crippen LogP contribution in [-0.2, 0) is 10.0 Å². The SMILES string of the molecule is Cc1ccc(C)c(C(=O)NNC(=O)c2cccc(S(=O)(=O)N3CCCC3)c2)c1. The lowest BCUT2D eigenvalue weighted by Crippen LogP contribution is -2.42. The first-order valence-corrected chi connectivity index (χ1v) is 10.5. The lowest BCUT2D eigenvalue weighted by atomic mass is 10.1. The van der Waals surface area contributed by atoms with Crippen molar-refractivity contribution in [2.24, 2.45) is 0 Å².